The Balaban J connectivity index is 1.43. The molecule has 1 fully saturated rings. The van der Waals surface area contributed by atoms with Crippen molar-refractivity contribution in [3.8, 4) is 0 Å². The largest absolute Gasteiger partial charge is 0.349 e. The van der Waals surface area contributed by atoms with Gasteiger partial charge in [-0.2, -0.15) is 8.78 Å². The number of piperidine rings is 1. The lowest BCUT2D eigenvalue weighted by molar-refractivity contribution is -0.147. The van der Waals surface area contributed by atoms with Crippen LogP contribution >= 0.6 is 0 Å². The van der Waals surface area contributed by atoms with E-state index in [-0.39, 0.29) is 43.3 Å². The molecule has 2 aromatic rings. The first kappa shape index (κ1) is 21.6. The van der Waals surface area contributed by atoms with Gasteiger partial charge in [-0.1, -0.05) is 42.0 Å². The molecule has 0 radical (unpaired) electrons. The van der Waals surface area contributed by atoms with Crippen LogP contribution in [0.4, 0.5) is 8.78 Å². The third-order valence-electron chi connectivity index (χ3n) is 5.74. The van der Waals surface area contributed by atoms with Gasteiger partial charge in [0.2, 0.25) is 11.8 Å². The number of aryl methyl sites for hydroxylation is 1. The zero-order chi connectivity index (χ0) is 23.0. The van der Waals surface area contributed by atoms with Crippen molar-refractivity contribution in [2.75, 3.05) is 0 Å². The Bertz CT molecular complexity index is 1110. The molecule has 2 N–H and O–H groups in total. The Kier molecular flexibility index (Phi) is 5.50. The molecule has 32 heavy (non-hydrogen) atoms. The highest BCUT2D eigenvalue weighted by Gasteiger charge is 2.41. The van der Waals surface area contributed by atoms with Crippen LogP contribution in [0.25, 0.3) is 0 Å². The van der Waals surface area contributed by atoms with E-state index in [9.17, 15) is 28.0 Å². The van der Waals surface area contributed by atoms with E-state index in [2.05, 4.69) is 10.6 Å². The number of carbonyl (C=O) groups excluding carboxylic acids is 4. The topological polar surface area (TPSA) is 95.6 Å². The van der Waals surface area contributed by atoms with Crippen LogP contribution in [0.2, 0.25) is 0 Å². The predicted octanol–water partition coefficient (Wildman–Crippen LogP) is 2.16. The van der Waals surface area contributed by atoms with E-state index in [0.717, 1.165) is 5.56 Å². The molecule has 2 aliphatic heterocycles. The number of fused-ring (bicyclic) bond motifs is 1. The average Bonchev–Trinajstić information content (AvgIpc) is 3.08. The third-order valence-corrected chi connectivity index (χ3v) is 5.74. The fourth-order valence-corrected chi connectivity index (χ4v) is 3.93. The number of hydrogen-bond donors (Lipinski definition) is 2. The predicted molar refractivity (Wildman–Crippen MR) is 109 cm³/mol. The number of carbonyl (C=O) groups is 4. The van der Waals surface area contributed by atoms with Crippen molar-refractivity contribution in [3.05, 3.63) is 70.3 Å². The van der Waals surface area contributed by atoms with Crippen LogP contribution in [0.15, 0.2) is 42.5 Å². The molecule has 7 nitrogen and oxygen atoms in total. The summed E-state index contributed by atoms with van der Waals surface area (Å²) in [5, 5.41) is 4.49. The van der Waals surface area contributed by atoms with Crippen molar-refractivity contribution in [2.45, 2.75) is 44.8 Å². The molecule has 0 bridgehead atoms. The maximum Gasteiger partial charge on any atom is 0.349 e. The SMILES string of the molecule is Cc1ccc(C(F)(F)C(=O)NCc2ccc3c(c2)CN(C2CCC(=O)NC2=O)C3=O)cc1. The van der Waals surface area contributed by atoms with E-state index < -0.39 is 23.8 Å². The van der Waals surface area contributed by atoms with Gasteiger partial charge >= 0.3 is 5.92 Å². The molecule has 1 atom stereocenters. The summed E-state index contributed by atoms with van der Waals surface area (Å²) >= 11 is 0. The Labute approximate surface area is 182 Å². The second-order valence-corrected chi connectivity index (χ2v) is 8.01. The normalized spacial score (nSPS) is 18.4. The Morgan fingerprint density at radius 3 is 2.56 bits per heavy atom. The number of imide groups is 1. The van der Waals surface area contributed by atoms with Gasteiger partial charge in [0, 0.05) is 30.6 Å². The summed E-state index contributed by atoms with van der Waals surface area (Å²) in [4.78, 5) is 49.7. The minimum atomic E-state index is -3.68. The average molecular weight is 441 g/mol. The van der Waals surface area contributed by atoms with Gasteiger partial charge in [-0.3, -0.25) is 24.5 Å². The lowest BCUT2D eigenvalue weighted by atomic mass is 10.0. The van der Waals surface area contributed by atoms with E-state index in [0.29, 0.717) is 16.7 Å². The van der Waals surface area contributed by atoms with E-state index in [1.54, 1.807) is 25.1 Å². The van der Waals surface area contributed by atoms with Crippen LogP contribution in [-0.4, -0.2) is 34.6 Å². The van der Waals surface area contributed by atoms with Gasteiger partial charge in [0.25, 0.3) is 11.8 Å². The van der Waals surface area contributed by atoms with E-state index >= 15 is 0 Å². The van der Waals surface area contributed by atoms with Crippen molar-refractivity contribution < 1.29 is 28.0 Å². The first-order valence-electron chi connectivity index (χ1n) is 10.2. The summed E-state index contributed by atoms with van der Waals surface area (Å²) in [6.45, 7) is 1.80. The van der Waals surface area contributed by atoms with Gasteiger partial charge in [-0.25, -0.2) is 0 Å². The Morgan fingerprint density at radius 1 is 1.16 bits per heavy atom. The molecule has 1 unspecified atom stereocenters. The smallest absolute Gasteiger partial charge is 0.346 e. The maximum absolute atomic E-state index is 14.5. The number of rotatable bonds is 5. The quantitative estimate of drug-likeness (QED) is 0.696. The fraction of sp³-hybridized carbons (Fsp3) is 0.304. The first-order chi connectivity index (χ1) is 15.2. The van der Waals surface area contributed by atoms with Crippen molar-refractivity contribution in [1.29, 1.82) is 0 Å². The number of alkyl halides is 2. The minimum Gasteiger partial charge on any atom is -0.346 e. The summed E-state index contributed by atoms with van der Waals surface area (Å²) in [6, 6.07) is 9.54. The van der Waals surface area contributed by atoms with Gasteiger partial charge in [-0.05, 0) is 30.5 Å². The highest BCUT2D eigenvalue weighted by Crippen LogP contribution is 2.30. The zero-order valence-corrected chi connectivity index (χ0v) is 17.3. The number of halogens is 2. The number of hydrogen-bond acceptors (Lipinski definition) is 4. The number of nitrogens with zero attached hydrogens (tertiary/aromatic N) is 1. The summed E-state index contributed by atoms with van der Waals surface area (Å²) in [5.41, 5.74) is 2.02. The van der Waals surface area contributed by atoms with Gasteiger partial charge in [0.15, 0.2) is 0 Å². The van der Waals surface area contributed by atoms with Gasteiger partial charge < -0.3 is 10.2 Å². The van der Waals surface area contributed by atoms with Gasteiger partial charge in [0.1, 0.15) is 6.04 Å². The highest BCUT2D eigenvalue weighted by atomic mass is 19.3. The van der Waals surface area contributed by atoms with Crippen molar-refractivity contribution in [3.63, 3.8) is 0 Å². The third kappa shape index (κ3) is 3.98. The number of amides is 4. The molecule has 0 spiro atoms. The zero-order valence-electron chi connectivity index (χ0n) is 17.3. The molecule has 4 amide bonds. The second-order valence-electron chi connectivity index (χ2n) is 8.01. The van der Waals surface area contributed by atoms with Crippen molar-refractivity contribution in [1.82, 2.24) is 15.5 Å². The maximum atomic E-state index is 14.5. The van der Waals surface area contributed by atoms with Crippen LogP contribution in [0.5, 0.6) is 0 Å². The summed E-state index contributed by atoms with van der Waals surface area (Å²) < 4.78 is 28.9. The van der Waals surface area contributed by atoms with E-state index in [4.69, 9.17) is 0 Å². The Morgan fingerprint density at radius 2 is 1.88 bits per heavy atom. The van der Waals surface area contributed by atoms with Crippen molar-refractivity contribution in [2.24, 2.45) is 0 Å². The van der Waals surface area contributed by atoms with Crippen molar-refractivity contribution >= 4 is 23.6 Å². The summed E-state index contributed by atoms with van der Waals surface area (Å²) in [7, 11) is 0. The molecule has 2 aromatic carbocycles. The molecule has 0 aromatic heterocycles. The number of nitrogens with one attached hydrogen (secondary N) is 2. The number of benzene rings is 2. The summed E-state index contributed by atoms with van der Waals surface area (Å²) in [5.74, 6) is -6.29. The van der Waals surface area contributed by atoms with Gasteiger partial charge in [0.05, 0.1) is 0 Å². The van der Waals surface area contributed by atoms with Crippen LogP contribution in [-0.2, 0) is 33.4 Å². The summed E-state index contributed by atoms with van der Waals surface area (Å²) in [6.07, 6.45) is 0.407. The molecule has 2 aliphatic rings. The molecule has 2 heterocycles. The molecule has 0 aliphatic carbocycles. The van der Waals surface area contributed by atoms with Gasteiger partial charge in [-0.15, -0.1) is 0 Å². The van der Waals surface area contributed by atoms with Crippen LogP contribution in [0.3, 0.4) is 0 Å². The fourth-order valence-electron chi connectivity index (χ4n) is 3.93. The minimum absolute atomic E-state index is 0.139. The standard InChI is InChI=1S/C23H21F2N3O4/c1-13-2-5-16(6-3-13)23(24,25)22(32)26-11-14-4-7-17-15(10-14)12-28(21(17)31)18-8-9-19(29)27-20(18)30/h2-7,10,18H,8-9,11-12H2,1H3,(H,26,32)(H,27,29,30). The van der Waals surface area contributed by atoms with E-state index in [1.807, 2.05) is 0 Å². The van der Waals surface area contributed by atoms with Crippen LogP contribution < -0.4 is 10.6 Å². The monoisotopic (exact) mass is 441 g/mol. The first-order valence-corrected chi connectivity index (χ1v) is 10.2. The Hall–Kier alpha value is -3.62. The molecular formula is C23H21F2N3O4. The molecule has 1 saturated heterocycles. The molecule has 4 rings (SSSR count). The molecule has 0 saturated carbocycles. The van der Waals surface area contributed by atoms with E-state index in [1.165, 1.54) is 29.2 Å². The molecule has 166 valence electrons. The second kappa shape index (κ2) is 8.14. The molecular weight excluding hydrogens is 420 g/mol. The molecule has 9 heteroatoms. The van der Waals surface area contributed by atoms with Crippen LogP contribution in [0.1, 0.15) is 45.5 Å². The highest BCUT2D eigenvalue weighted by molar-refractivity contribution is 6.05. The lowest BCUT2D eigenvalue weighted by Crippen LogP contribution is -2.52. The lowest BCUT2D eigenvalue weighted by Gasteiger charge is -2.29. The van der Waals surface area contributed by atoms with Crippen LogP contribution in [0, 0.1) is 6.92 Å².